The van der Waals surface area contributed by atoms with Crippen molar-refractivity contribution in [1.29, 1.82) is 0 Å². The number of hydrogen-bond acceptors (Lipinski definition) is 3. The maximum absolute atomic E-state index is 13.0. The number of thiazole rings is 1. The molecule has 0 bridgehead atoms. The molecule has 1 aromatic heterocycles. The minimum absolute atomic E-state index is 0.156. The summed E-state index contributed by atoms with van der Waals surface area (Å²) >= 11 is 6.89. The molecule has 0 aliphatic rings. The van der Waals surface area contributed by atoms with Crippen molar-refractivity contribution in [3.8, 4) is 10.6 Å². The predicted molar refractivity (Wildman–Crippen MR) is 74.9 cm³/mol. The van der Waals surface area contributed by atoms with Crippen molar-refractivity contribution in [3.63, 3.8) is 0 Å². The smallest absolute Gasteiger partial charge is 0.312 e. The first-order valence-electron chi connectivity index (χ1n) is 5.95. The van der Waals surface area contributed by atoms with Gasteiger partial charge in [0.1, 0.15) is 5.01 Å². The maximum Gasteiger partial charge on any atom is 0.434 e. The van der Waals surface area contributed by atoms with Crippen LogP contribution < -0.4 is 5.32 Å². The molecule has 2 aromatic rings. The monoisotopic (exact) mass is 320 g/mol. The quantitative estimate of drug-likeness (QED) is 0.891. The Kier molecular flexibility index (Phi) is 4.67. The molecule has 0 atom stereocenters. The van der Waals surface area contributed by atoms with Crippen molar-refractivity contribution in [2.45, 2.75) is 19.6 Å². The third kappa shape index (κ3) is 3.50. The fourth-order valence-electron chi connectivity index (χ4n) is 1.68. The van der Waals surface area contributed by atoms with Crippen molar-refractivity contribution in [2.75, 3.05) is 6.54 Å². The first-order chi connectivity index (χ1) is 9.41. The molecular weight excluding hydrogens is 309 g/mol. The van der Waals surface area contributed by atoms with E-state index in [-0.39, 0.29) is 11.4 Å². The summed E-state index contributed by atoms with van der Waals surface area (Å²) in [6.07, 6.45) is -4.45. The Labute approximate surface area is 123 Å². The van der Waals surface area contributed by atoms with E-state index in [0.717, 1.165) is 11.3 Å². The van der Waals surface area contributed by atoms with Crippen LogP contribution in [0.15, 0.2) is 24.3 Å². The molecule has 0 aliphatic carbocycles. The van der Waals surface area contributed by atoms with Crippen LogP contribution in [0.25, 0.3) is 10.6 Å². The van der Waals surface area contributed by atoms with E-state index in [1.165, 1.54) is 0 Å². The standard InChI is InChI=1S/C13H12ClF3N2S/c1-2-18-7-10-11(13(15,16)17)19-12(20-10)8-4-3-5-9(14)6-8/h3-6,18H,2,7H2,1H3. The second kappa shape index (κ2) is 6.11. The average molecular weight is 321 g/mol. The zero-order valence-corrected chi connectivity index (χ0v) is 12.2. The largest absolute Gasteiger partial charge is 0.434 e. The number of nitrogens with one attached hydrogen (secondary N) is 1. The van der Waals surface area contributed by atoms with Gasteiger partial charge in [-0.05, 0) is 18.7 Å². The zero-order valence-electron chi connectivity index (χ0n) is 10.6. The van der Waals surface area contributed by atoms with Crippen LogP contribution >= 0.6 is 22.9 Å². The van der Waals surface area contributed by atoms with Crippen LogP contribution in [0.5, 0.6) is 0 Å². The molecule has 0 fully saturated rings. The van der Waals surface area contributed by atoms with Crippen LogP contribution in [-0.4, -0.2) is 11.5 Å². The summed E-state index contributed by atoms with van der Waals surface area (Å²) in [6.45, 7) is 2.59. The number of nitrogens with zero attached hydrogens (tertiary/aromatic N) is 1. The Morgan fingerprint density at radius 2 is 2.10 bits per heavy atom. The Hall–Kier alpha value is -1.11. The van der Waals surface area contributed by atoms with Gasteiger partial charge in [0.05, 0.1) is 4.88 Å². The van der Waals surface area contributed by atoms with Gasteiger partial charge in [-0.3, -0.25) is 0 Å². The fraction of sp³-hybridized carbons (Fsp3) is 0.308. The predicted octanol–water partition coefficient (Wildman–Crippen LogP) is 4.59. The summed E-state index contributed by atoms with van der Waals surface area (Å²) < 4.78 is 38.9. The lowest BCUT2D eigenvalue weighted by atomic mass is 10.2. The van der Waals surface area contributed by atoms with Crippen LogP contribution in [0.4, 0.5) is 13.2 Å². The number of rotatable bonds is 4. The Morgan fingerprint density at radius 1 is 1.35 bits per heavy atom. The second-order valence-electron chi connectivity index (χ2n) is 4.08. The van der Waals surface area contributed by atoms with Gasteiger partial charge in [-0.15, -0.1) is 11.3 Å². The van der Waals surface area contributed by atoms with E-state index in [1.807, 2.05) is 6.92 Å². The van der Waals surface area contributed by atoms with E-state index in [9.17, 15) is 13.2 Å². The van der Waals surface area contributed by atoms with Crippen LogP contribution in [0.3, 0.4) is 0 Å². The number of aromatic nitrogens is 1. The van der Waals surface area contributed by atoms with Gasteiger partial charge in [0.25, 0.3) is 0 Å². The highest BCUT2D eigenvalue weighted by atomic mass is 35.5. The van der Waals surface area contributed by atoms with Crippen LogP contribution in [-0.2, 0) is 12.7 Å². The molecule has 2 nitrogen and oxygen atoms in total. The van der Waals surface area contributed by atoms with E-state index in [1.54, 1.807) is 24.3 Å². The van der Waals surface area contributed by atoms with Crippen LogP contribution in [0, 0.1) is 0 Å². The highest BCUT2D eigenvalue weighted by Gasteiger charge is 2.37. The lowest BCUT2D eigenvalue weighted by Crippen LogP contribution is -2.15. The average Bonchev–Trinajstić information content (AvgIpc) is 2.80. The summed E-state index contributed by atoms with van der Waals surface area (Å²) in [5.74, 6) is 0. The second-order valence-corrected chi connectivity index (χ2v) is 5.60. The molecule has 0 amide bonds. The van der Waals surface area contributed by atoms with Gasteiger partial charge in [-0.1, -0.05) is 30.7 Å². The van der Waals surface area contributed by atoms with E-state index in [4.69, 9.17) is 11.6 Å². The molecule has 2 rings (SSSR count). The van der Waals surface area contributed by atoms with Crippen LogP contribution in [0.1, 0.15) is 17.5 Å². The van der Waals surface area contributed by atoms with E-state index < -0.39 is 11.9 Å². The Bertz CT molecular complexity index is 596. The van der Waals surface area contributed by atoms with E-state index in [0.29, 0.717) is 22.1 Å². The summed E-state index contributed by atoms with van der Waals surface area (Å²) in [5.41, 5.74) is -0.228. The topological polar surface area (TPSA) is 24.9 Å². The summed E-state index contributed by atoms with van der Waals surface area (Å²) in [7, 11) is 0. The third-order valence-corrected chi connectivity index (χ3v) is 3.91. The van der Waals surface area contributed by atoms with Crippen molar-refractivity contribution in [2.24, 2.45) is 0 Å². The summed E-state index contributed by atoms with van der Waals surface area (Å²) in [4.78, 5) is 3.93. The van der Waals surface area contributed by atoms with Gasteiger partial charge < -0.3 is 5.32 Å². The minimum Gasteiger partial charge on any atom is -0.312 e. The van der Waals surface area contributed by atoms with Crippen molar-refractivity contribution in [3.05, 3.63) is 39.9 Å². The number of benzene rings is 1. The molecule has 7 heteroatoms. The normalized spacial score (nSPS) is 11.8. The van der Waals surface area contributed by atoms with Crippen molar-refractivity contribution >= 4 is 22.9 Å². The molecule has 0 aliphatic heterocycles. The molecule has 0 saturated heterocycles. The van der Waals surface area contributed by atoms with Crippen molar-refractivity contribution in [1.82, 2.24) is 10.3 Å². The van der Waals surface area contributed by atoms with Gasteiger partial charge in [0.15, 0.2) is 5.69 Å². The summed E-state index contributed by atoms with van der Waals surface area (Å²) in [6, 6.07) is 6.67. The van der Waals surface area contributed by atoms with Gasteiger partial charge in [-0.25, -0.2) is 4.98 Å². The van der Waals surface area contributed by atoms with E-state index >= 15 is 0 Å². The molecule has 20 heavy (non-hydrogen) atoms. The summed E-state index contributed by atoms with van der Waals surface area (Å²) in [5, 5.41) is 3.70. The minimum atomic E-state index is -4.45. The molecule has 0 saturated carbocycles. The number of alkyl halides is 3. The van der Waals surface area contributed by atoms with Gasteiger partial charge >= 0.3 is 6.18 Å². The molecule has 0 unspecified atom stereocenters. The van der Waals surface area contributed by atoms with E-state index in [2.05, 4.69) is 10.3 Å². The SMILES string of the molecule is CCNCc1sc(-c2cccc(Cl)c2)nc1C(F)(F)F. The van der Waals surface area contributed by atoms with Gasteiger partial charge in [0.2, 0.25) is 0 Å². The van der Waals surface area contributed by atoms with Crippen molar-refractivity contribution < 1.29 is 13.2 Å². The molecule has 1 N–H and O–H groups in total. The molecule has 0 radical (unpaired) electrons. The highest BCUT2D eigenvalue weighted by molar-refractivity contribution is 7.15. The maximum atomic E-state index is 13.0. The van der Waals surface area contributed by atoms with Gasteiger partial charge in [-0.2, -0.15) is 13.2 Å². The molecular formula is C13H12ClF3N2S. The first-order valence-corrected chi connectivity index (χ1v) is 7.14. The number of hydrogen-bond donors (Lipinski definition) is 1. The molecule has 0 spiro atoms. The van der Waals surface area contributed by atoms with Crippen LogP contribution in [0.2, 0.25) is 5.02 Å². The highest BCUT2D eigenvalue weighted by Crippen LogP contribution is 2.38. The number of halogens is 4. The fourth-order valence-corrected chi connectivity index (χ4v) is 2.91. The first kappa shape index (κ1) is 15.3. The Morgan fingerprint density at radius 3 is 2.70 bits per heavy atom. The Balaban J connectivity index is 2.43. The lowest BCUT2D eigenvalue weighted by Gasteiger charge is -2.05. The molecule has 1 aromatic carbocycles. The third-order valence-electron chi connectivity index (χ3n) is 2.57. The molecule has 1 heterocycles. The zero-order chi connectivity index (χ0) is 14.8. The van der Waals surface area contributed by atoms with Gasteiger partial charge in [0, 0.05) is 17.1 Å². The lowest BCUT2D eigenvalue weighted by molar-refractivity contribution is -0.141. The molecule has 108 valence electrons.